The molecule has 1 atom stereocenters. The molecule has 0 saturated carbocycles. The summed E-state index contributed by atoms with van der Waals surface area (Å²) in [6.45, 7) is 2.03. The molecule has 116 valence electrons. The average molecular weight is 393 g/mol. The molecule has 0 aromatic heterocycles. The molecule has 1 aliphatic rings. The number of nitrogen functional groups attached to an aromatic ring is 1. The molecule has 0 spiro atoms. The minimum Gasteiger partial charge on any atom is -0.399 e. The van der Waals surface area contributed by atoms with E-state index >= 15 is 0 Å². The number of carbonyl (C=O) groups excluding carboxylic acids is 1. The van der Waals surface area contributed by atoms with Crippen molar-refractivity contribution in [3.63, 3.8) is 0 Å². The first-order chi connectivity index (χ1) is 9.86. The van der Waals surface area contributed by atoms with Gasteiger partial charge >= 0.3 is 0 Å². The summed E-state index contributed by atoms with van der Waals surface area (Å²) in [5.41, 5.74) is 6.60. The van der Waals surface area contributed by atoms with Crippen LogP contribution in [0.1, 0.15) is 17.3 Å². The Morgan fingerprint density at radius 3 is 2.90 bits per heavy atom. The van der Waals surface area contributed by atoms with Crippen LogP contribution in [0.5, 0.6) is 0 Å². The molecule has 8 heteroatoms. The summed E-state index contributed by atoms with van der Waals surface area (Å²) in [7, 11) is -3.31. The minimum atomic E-state index is -3.31. The molecule has 1 amide bonds. The Morgan fingerprint density at radius 2 is 2.24 bits per heavy atom. The molecule has 1 aromatic carbocycles. The zero-order chi connectivity index (χ0) is 15.6. The zero-order valence-electron chi connectivity index (χ0n) is 11.6. The lowest BCUT2D eigenvalue weighted by atomic mass is 10.1. The topological polar surface area (TPSA) is 80.5 Å². The van der Waals surface area contributed by atoms with Crippen LogP contribution >= 0.6 is 27.7 Å². The predicted molar refractivity (Wildman–Crippen MR) is 90.2 cm³/mol. The number of hydrogen-bond acceptors (Lipinski definition) is 5. The number of sulfone groups is 1. The van der Waals surface area contributed by atoms with Crippen molar-refractivity contribution in [1.29, 1.82) is 0 Å². The van der Waals surface area contributed by atoms with E-state index in [0.29, 0.717) is 28.0 Å². The van der Waals surface area contributed by atoms with Gasteiger partial charge in [0.25, 0.3) is 5.91 Å². The number of halogens is 1. The number of anilines is 1. The van der Waals surface area contributed by atoms with Crippen molar-refractivity contribution in [2.75, 3.05) is 29.5 Å². The minimum absolute atomic E-state index is 0.0279. The largest absolute Gasteiger partial charge is 0.399 e. The molecule has 0 radical (unpaired) electrons. The lowest BCUT2D eigenvalue weighted by Gasteiger charge is -2.35. The summed E-state index contributed by atoms with van der Waals surface area (Å²) in [4.78, 5) is 14.2. The first kappa shape index (κ1) is 16.6. The quantitative estimate of drug-likeness (QED) is 0.795. The molecule has 2 N–H and O–H groups in total. The third-order valence-corrected chi connectivity index (χ3v) is 7.36. The van der Waals surface area contributed by atoms with Crippen molar-refractivity contribution < 1.29 is 13.2 Å². The van der Waals surface area contributed by atoms with Crippen LogP contribution in [0.3, 0.4) is 0 Å². The van der Waals surface area contributed by atoms with E-state index < -0.39 is 15.2 Å². The number of nitrogens with two attached hydrogens (primary N) is 1. The van der Waals surface area contributed by atoms with Gasteiger partial charge < -0.3 is 10.6 Å². The molecule has 2 rings (SSSR count). The Morgan fingerprint density at radius 1 is 1.52 bits per heavy atom. The van der Waals surface area contributed by atoms with Gasteiger partial charge in [-0.3, -0.25) is 4.79 Å². The molecular formula is C13H17BrN2O3S2. The van der Waals surface area contributed by atoms with E-state index in [2.05, 4.69) is 15.9 Å². The second-order valence-electron chi connectivity index (χ2n) is 4.72. The van der Waals surface area contributed by atoms with E-state index in [0.717, 1.165) is 5.75 Å². The fraction of sp³-hybridized carbons (Fsp3) is 0.462. The van der Waals surface area contributed by atoms with Crippen molar-refractivity contribution in [1.82, 2.24) is 4.90 Å². The van der Waals surface area contributed by atoms with Gasteiger partial charge in [0.05, 0.1) is 5.56 Å². The Labute approximate surface area is 137 Å². The smallest absolute Gasteiger partial charge is 0.256 e. The molecule has 1 saturated heterocycles. The molecule has 1 fully saturated rings. The Kier molecular flexibility index (Phi) is 5.21. The van der Waals surface area contributed by atoms with Gasteiger partial charge in [0.15, 0.2) is 9.84 Å². The molecule has 1 aromatic rings. The molecular weight excluding hydrogens is 376 g/mol. The van der Waals surface area contributed by atoms with Crippen molar-refractivity contribution >= 4 is 49.1 Å². The van der Waals surface area contributed by atoms with E-state index in [4.69, 9.17) is 5.73 Å². The Hall–Kier alpha value is -0.730. The van der Waals surface area contributed by atoms with Crippen LogP contribution in [0.2, 0.25) is 0 Å². The number of amides is 1. The zero-order valence-corrected chi connectivity index (χ0v) is 14.8. The summed E-state index contributed by atoms with van der Waals surface area (Å²) in [6, 6.07) is 4.96. The summed E-state index contributed by atoms with van der Waals surface area (Å²) >= 11 is 4.89. The SMILES string of the molecule is CCS(=O)(=O)C1CSCCN1C(=O)c1cc(N)ccc1Br. The molecule has 0 aliphatic carbocycles. The first-order valence-corrected chi connectivity index (χ1v) is 10.2. The van der Waals surface area contributed by atoms with Crippen molar-refractivity contribution in [3.8, 4) is 0 Å². The Balaban J connectivity index is 2.37. The standard InChI is InChI=1S/C13H17BrN2O3S2/c1-2-21(18,19)12-8-20-6-5-16(12)13(17)10-7-9(15)3-4-11(10)14/h3-4,7,12H,2,5-6,8,15H2,1H3. The molecule has 1 unspecified atom stereocenters. The molecule has 1 heterocycles. The fourth-order valence-electron chi connectivity index (χ4n) is 2.16. The maximum atomic E-state index is 12.7. The third-order valence-electron chi connectivity index (χ3n) is 3.38. The van der Waals surface area contributed by atoms with Crippen LogP contribution in [0, 0.1) is 0 Å². The van der Waals surface area contributed by atoms with Gasteiger partial charge in [-0.05, 0) is 34.1 Å². The molecule has 21 heavy (non-hydrogen) atoms. The van der Waals surface area contributed by atoms with Crippen LogP contribution in [0.25, 0.3) is 0 Å². The van der Waals surface area contributed by atoms with Crippen molar-refractivity contribution in [3.05, 3.63) is 28.2 Å². The van der Waals surface area contributed by atoms with Crippen LogP contribution in [0.15, 0.2) is 22.7 Å². The van der Waals surface area contributed by atoms with Crippen molar-refractivity contribution in [2.24, 2.45) is 0 Å². The highest BCUT2D eigenvalue weighted by Crippen LogP contribution is 2.27. The summed E-state index contributed by atoms with van der Waals surface area (Å²) < 4.78 is 25.0. The predicted octanol–water partition coefficient (Wildman–Crippen LogP) is 1.98. The second-order valence-corrected chi connectivity index (χ2v) is 9.17. The maximum absolute atomic E-state index is 12.7. The van der Waals surface area contributed by atoms with Gasteiger partial charge in [0, 0.05) is 34.0 Å². The van der Waals surface area contributed by atoms with Crippen LogP contribution in [-0.2, 0) is 9.84 Å². The fourth-order valence-corrected chi connectivity index (χ4v) is 5.55. The van der Waals surface area contributed by atoms with E-state index in [-0.39, 0.29) is 11.7 Å². The van der Waals surface area contributed by atoms with E-state index in [1.807, 2.05) is 0 Å². The van der Waals surface area contributed by atoms with Gasteiger partial charge in [-0.1, -0.05) is 6.92 Å². The normalized spacial score (nSPS) is 19.5. The lowest BCUT2D eigenvalue weighted by molar-refractivity contribution is 0.0748. The summed E-state index contributed by atoms with van der Waals surface area (Å²) in [5.74, 6) is 0.889. The van der Waals surface area contributed by atoms with E-state index in [9.17, 15) is 13.2 Å². The highest BCUT2D eigenvalue weighted by atomic mass is 79.9. The lowest BCUT2D eigenvalue weighted by Crippen LogP contribution is -2.50. The van der Waals surface area contributed by atoms with E-state index in [1.54, 1.807) is 36.9 Å². The molecule has 5 nitrogen and oxygen atoms in total. The highest BCUT2D eigenvalue weighted by Gasteiger charge is 2.36. The number of hydrogen-bond donors (Lipinski definition) is 1. The molecule has 0 bridgehead atoms. The number of rotatable bonds is 3. The Bertz CT molecular complexity index is 649. The van der Waals surface area contributed by atoms with Gasteiger partial charge in [0.1, 0.15) is 5.37 Å². The monoisotopic (exact) mass is 392 g/mol. The third kappa shape index (κ3) is 3.54. The summed E-state index contributed by atoms with van der Waals surface area (Å²) in [6.07, 6.45) is 0. The average Bonchev–Trinajstić information content (AvgIpc) is 2.49. The van der Waals surface area contributed by atoms with Crippen LogP contribution < -0.4 is 5.73 Å². The number of carbonyl (C=O) groups is 1. The van der Waals surface area contributed by atoms with Crippen LogP contribution in [-0.4, -0.2) is 48.4 Å². The molecule has 1 aliphatic heterocycles. The van der Waals surface area contributed by atoms with Gasteiger partial charge in [-0.2, -0.15) is 11.8 Å². The highest BCUT2D eigenvalue weighted by molar-refractivity contribution is 9.10. The van der Waals surface area contributed by atoms with Crippen molar-refractivity contribution in [2.45, 2.75) is 12.3 Å². The second kappa shape index (κ2) is 6.58. The van der Waals surface area contributed by atoms with Gasteiger partial charge in [-0.25, -0.2) is 8.42 Å². The summed E-state index contributed by atoms with van der Waals surface area (Å²) in [5, 5.41) is -0.762. The number of benzene rings is 1. The van der Waals surface area contributed by atoms with E-state index in [1.165, 1.54) is 4.90 Å². The van der Waals surface area contributed by atoms with Crippen LogP contribution in [0.4, 0.5) is 5.69 Å². The first-order valence-electron chi connectivity index (χ1n) is 6.52. The maximum Gasteiger partial charge on any atom is 0.256 e. The number of thioether (sulfide) groups is 1. The van der Waals surface area contributed by atoms with Gasteiger partial charge in [-0.15, -0.1) is 0 Å². The van der Waals surface area contributed by atoms with Gasteiger partial charge in [0.2, 0.25) is 0 Å². The number of nitrogens with zero attached hydrogens (tertiary/aromatic N) is 1.